The molecule has 1 N–H and O–H groups in total. The number of hydrogen-bond donors (Lipinski definition) is 1. The number of hydrogen-bond acceptors (Lipinski definition) is 5. The molecule has 1 heterocycles. The molecule has 0 aliphatic rings. The summed E-state index contributed by atoms with van der Waals surface area (Å²) in [5.74, 6) is -0.591. The van der Waals surface area contributed by atoms with Crippen molar-refractivity contribution in [3.8, 4) is 11.8 Å². The first-order chi connectivity index (χ1) is 10.9. The molecule has 0 radical (unpaired) electrons. The molecule has 1 amide bonds. The maximum absolute atomic E-state index is 12.0. The summed E-state index contributed by atoms with van der Waals surface area (Å²) in [4.78, 5) is 12.0. The summed E-state index contributed by atoms with van der Waals surface area (Å²) < 4.78 is 32.5. The van der Waals surface area contributed by atoms with Crippen molar-refractivity contribution in [3.63, 3.8) is 0 Å². The molecule has 0 saturated heterocycles. The van der Waals surface area contributed by atoms with Gasteiger partial charge in [0.1, 0.15) is 29.9 Å². The molecule has 0 bridgehead atoms. The molecule has 120 valence electrons. The number of aromatic nitrogens is 1. The number of benzene rings is 1. The highest BCUT2D eigenvalue weighted by molar-refractivity contribution is 7.90. The second kappa shape index (κ2) is 6.98. The Balaban J connectivity index is 1.94. The van der Waals surface area contributed by atoms with Crippen LogP contribution in [0.15, 0.2) is 42.6 Å². The first-order valence-electron chi connectivity index (χ1n) is 6.70. The summed E-state index contributed by atoms with van der Waals surface area (Å²) in [6.07, 6.45) is 1.44. The number of nitrogens with zero attached hydrogens (tertiary/aromatic N) is 2. The Morgan fingerprint density at radius 3 is 2.65 bits per heavy atom. The Kier molecular flexibility index (Phi) is 5.03. The molecule has 8 heteroatoms. The molecule has 0 atom stereocenters. The van der Waals surface area contributed by atoms with E-state index in [9.17, 15) is 13.2 Å². The second-order valence-corrected chi connectivity index (χ2v) is 6.59. The normalized spacial score (nSPS) is 10.8. The van der Waals surface area contributed by atoms with Gasteiger partial charge in [-0.15, -0.1) is 0 Å². The highest BCUT2D eigenvalue weighted by atomic mass is 32.2. The topological polar surface area (TPSA) is 101 Å². The minimum atomic E-state index is -3.83. The van der Waals surface area contributed by atoms with E-state index in [1.54, 1.807) is 31.3 Å². The summed E-state index contributed by atoms with van der Waals surface area (Å²) in [6.45, 7) is -0.0801. The monoisotopic (exact) mass is 333 g/mol. The van der Waals surface area contributed by atoms with E-state index in [0.29, 0.717) is 5.75 Å². The zero-order valence-corrected chi connectivity index (χ0v) is 13.2. The Bertz CT molecular complexity index is 835. The SMILES string of the molecule is Cn1cc(C#N)cc1C(=O)NS(=O)(=O)CCOc1ccccc1. The van der Waals surface area contributed by atoms with E-state index in [0.717, 1.165) is 0 Å². The molecule has 0 aliphatic heterocycles. The van der Waals surface area contributed by atoms with Crippen molar-refractivity contribution in [1.82, 2.24) is 9.29 Å². The van der Waals surface area contributed by atoms with Gasteiger partial charge in [0.2, 0.25) is 10.0 Å². The maximum atomic E-state index is 12.0. The number of carbonyl (C=O) groups excluding carboxylic acids is 1. The van der Waals surface area contributed by atoms with Gasteiger partial charge in [0, 0.05) is 13.2 Å². The van der Waals surface area contributed by atoms with Crippen molar-refractivity contribution in [2.75, 3.05) is 12.4 Å². The van der Waals surface area contributed by atoms with Gasteiger partial charge in [-0.3, -0.25) is 4.79 Å². The predicted molar refractivity (Wildman–Crippen MR) is 83.3 cm³/mol. The number of nitrogens with one attached hydrogen (secondary N) is 1. The zero-order chi connectivity index (χ0) is 16.9. The average molecular weight is 333 g/mol. The van der Waals surface area contributed by atoms with E-state index in [2.05, 4.69) is 0 Å². The summed E-state index contributed by atoms with van der Waals surface area (Å²) in [5.41, 5.74) is 0.372. The summed E-state index contributed by atoms with van der Waals surface area (Å²) >= 11 is 0. The molecule has 1 aromatic heterocycles. The van der Waals surface area contributed by atoms with E-state index in [1.807, 2.05) is 16.9 Å². The van der Waals surface area contributed by atoms with Crippen molar-refractivity contribution >= 4 is 15.9 Å². The largest absolute Gasteiger partial charge is 0.492 e. The van der Waals surface area contributed by atoms with Crippen LogP contribution < -0.4 is 9.46 Å². The lowest BCUT2D eigenvalue weighted by Gasteiger charge is -2.09. The summed E-state index contributed by atoms with van der Waals surface area (Å²) in [5, 5.41) is 8.78. The lowest BCUT2D eigenvalue weighted by molar-refractivity contribution is 0.0973. The second-order valence-electron chi connectivity index (χ2n) is 4.75. The Morgan fingerprint density at radius 1 is 1.35 bits per heavy atom. The third-order valence-electron chi connectivity index (χ3n) is 2.98. The predicted octanol–water partition coefficient (Wildman–Crippen LogP) is 1.04. The van der Waals surface area contributed by atoms with E-state index in [4.69, 9.17) is 10.00 Å². The third kappa shape index (κ3) is 4.59. The number of para-hydroxylation sites is 1. The van der Waals surface area contributed by atoms with Crippen LogP contribution in [0.25, 0.3) is 0 Å². The molecule has 7 nitrogen and oxygen atoms in total. The maximum Gasteiger partial charge on any atom is 0.281 e. The van der Waals surface area contributed by atoms with Gasteiger partial charge in [-0.25, -0.2) is 13.1 Å². The van der Waals surface area contributed by atoms with Crippen LogP contribution in [0.3, 0.4) is 0 Å². The molecule has 2 aromatic rings. The van der Waals surface area contributed by atoms with E-state index in [1.165, 1.54) is 16.8 Å². The van der Waals surface area contributed by atoms with Gasteiger partial charge in [-0.2, -0.15) is 5.26 Å². The number of sulfonamides is 1. The Hall–Kier alpha value is -2.79. The van der Waals surface area contributed by atoms with Gasteiger partial charge in [0.15, 0.2) is 0 Å². The molecule has 0 saturated carbocycles. The van der Waals surface area contributed by atoms with Gasteiger partial charge in [0.25, 0.3) is 5.91 Å². The van der Waals surface area contributed by atoms with Crippen LogP contribution in [-0.2, 0) is 17.1 Å². The molecule has 0 aliphatic carbocycles. The number of carbonyl (C=O) groups is 1. The smallest absolute Gasteiger partial charge is 0.281 e. The van der Waals surface area contributed by atoms with Gasteiger partial charge < -0.3 is 9.30 Å². The number of rotatable bonds is 6. The van der Waals surface area contributed by atoms with Crippen LogP contribution in [0.4, 0.5) is 0 Å². The fraction of sp³-hybridized carbons (Fsp3) is 0.200. The molecule has 0 fully saturated rings. The van der Waals surface area contributed by atoms with Crippen LogP contribution in [0.2, 0.25) is 0 Å². The van der Waals surface area contributed by atoms with Crippen LogP contribution in [0.5, 0.6) is 5.75 Å². The molecule has 2 rings (SSSR count). The molecular formula is C15H15N3O4S. The van der Waals surface area contributed by atoms with Crippen molar-refractivity contribution in [2.24, 2.45) is 7.05 Å². The van der Waals surface area contributed by atoms with E-state index in [-0.39, 0.29) is 23.6 Å². The van der Waals surface area contributed by atoms with Crippen molar-refractivity contribution in [1.29, 1.82) is 5.26 Å². The van der Waals surface area contributed by atoms with Crippen LogP contribution in [0.1, 0.15) is 16.1 Å². The van der Waals surface area contributed by atoms with Crippen LogP contribution >= 0.6 is 0 Å². The Labute approximate surface area is 134 Å². The molecular weight excluding hydrogens is 318 g/mol. The number of aryl methyl sites for hydroxylation is 1. The summed E-state index contributed by atoms with van der Waals surface area (Å²) in [6, 6.07) is 12.0. The quantitative estimate of drug-likeness (QED) is 0.851. The third-order valence-corrected chi connectivity index (χ3v) is 4.18. The average Bonchev–Trinajstić information content (AvgIpc) is 2.89. The van der Waals surface area contributed by atoms with Gasteiger partial charge >= 0.3 is 0 Å². The molecule has 23 heavy (non-hydrogen) atoms. The minimum absolute atomic E-state index is 0.0801. The zero-order valence-electron chi connectivity index (χ0n) is 12.4. The summed E-state index contributed by atoms with van der Waals surface area (Å²) in [7, 11) is -2.28. The van der Waals surface area contributed by atoms with Crippen molar-refractivity contribution in [2.45, 2.75) is 0 Å². The molecule has 1 aromatic carbocycles. The number of ether oxygens (including phenoxy) is 1. The fourth-order valence-corrected chi connectivity index (χ4v) is 2.67. The van der Waals surface area contributed by atoms with Gasteiger partial charge in [-0.1, -0.05) is 18.2 Å². The molecule has 0 spiro atoms. The number of nitriles is 1. The standard InChI is InChI=1S/C15H15N3O4S/c1-18-11-12(10-16)9-14(18)15(19)17-23(20,21)8-7-22-13-5-3-2-4-6-13/h2-6,9,11H,7-8H2,1H3,(H,17,19). The van der Waals surface area contributed by atoms with Crippen molar-refractivity contribution < 1.29 is 17.9 Å². The van der Waals surface area contributed by atoms with Crippen LogP contribution in [0, 0.1) is 11.3 Å². The first-order valence-corrected chi connectivity index (χ1v) is 8.35. The number of amides is 1. The van der Waals surface area contributed by atoms with Crippen LogP contribution in [-0.4, -0.2) is 31.3 Å². The lowest BCUT2D eigenvalue weighted by Crippen LogP contribution is -2.35. The van der Waals surface area contributed by atoms with Crippen molar-refractivity contribution in [3.05, 3.63) is 53.9 Å². The van der Waals surface area contributed by atoms with Gasteiger partial charge in [0.05, 0.1) is 5.56 Å². The van der Waals surface area contributed by atoms with Gasteiger partial charge in [-0.05, 0) is 18.2 Å². The highest BCUT2D eigenvalue weighted by Gasteiger charge is 2.19. The fourth-order valence-electron chi connectivity index (χ4n) is 1.88. The molecule has 0 unspecified atom stereocenters. The first kappa shape index (κ1) is 16.6. The Morgan fingerprint density at radius 2 is 2.04 bits per heavy atom. The van der Waals surface area contributed by atoms with E-state index < -0.39 is 15.9 Å². The lowest BCUT2D eigenvalue weighted by atomic mass is 10.3. The van der Waals surface area contributed by atoms with E-state index >= 15 is 0 Å². The highest BCUT2D eigenvalue weighted by Crippen LogP contribution is 2.09. The minimum Gasteiger partial charge on any atom is -0.492 e.